The summed E-state index contributed by atoms with van der Waals surface area (Å²) in [4.78, 5) is 4.25. The monoisotopic (exact) mass is 250 g/mol. The smallest absolute Gasteiger partial charge is 0.213 e. The fourth-order valence-electron chi connectivity index (χ4n) is 1.92. The molecule has 1 rings (SSSR count). The number of ether oxygens (including phenoxy) is 1. The summed E-state index contributed by atoms with van der Waals surface area (Å²) < 4.78 is 5.32. The highest BCUT2D eigenvalue weighted by Gasteiger charge is 2.05. The van der Waals surface area contributed by atoms with Crippen LogP contribution in [-0.2, 0) is 0 Å². The van der Waals surface area contributed by atoms with E-state index in [2.05, 4.69) is 24.1 Å². The van der Waals surface area contributed by atoms with Crippen LogP contribution in [0.15, 0.2) is 18.3 Å². The third kappa shape index (κ3) is 5.39. The molecule has 0 aromatic carbocycles. The van der Waals surface area contributed by atoms with Gasteiger partial charge in [-0.3, -0.25) is 0 Å². The second-order valence-electron chi connectivity index (χ2n) is 4.62. The van der Waals surface area contributed by atoms with Gasteiger partial charge in [-0.25, -0.2) is 4.98 Å². The van der Waals surface area contributed by atoms with Crippen LogP contribution in [-0.4, -0.2) is 18.1 Å². The van der Waals surface area contributed by atoms with Crippen molar-refractivity contribution in [3.63, 3.8) is 0 Å². The fourth-order valence-corrected chi connectivity index (χ4v) is 1.92. The largest absolute Gasteiger partial charge is 0.478 e. The minimum atomic E-state index is 0.661. The van der Waals surface area contributed by atoms with Gasteiger partial charge >= 0.3 is 0 Å². The minimum Gasteiger partial charge on any atom is -0.478 e. The maximum atomic E-state index is 5.32. The van der Waals surface area contributed by atoms with Gasteiger partial charge in [0.05, 0.1) is 18.5 Å². The van der Waals surface area contributed by atoms with Crippen LogP contribution < -0.4 is 10.1 Å². The lowest BCUT2D eigenvalue weighted by Gasteiger charge is -2.16. The number of pyridine rings is 1. The third-order valence-electron chi connectivity index (χ3n) is 3.17. The van der Waals surface area contributed by atoms with E-state index in [-0.39, 0.29) is 0 Å². The number of aromatic nitrogens is 1. The van der Waals surface area contributed by atoms with E-state index in [9.17, 15) is 0 Å². The number of nitrogens with one attached hydrogen (secondary N) is 1. The van der Waals surface area contributed by atoms with E-state index >= 15 is 0 Å². The second-order valence-corrected chi connectivity index (χ2v) is 4.62. The molecule has 102 valence electrons. The predicted octanol–water partition coefficient (Wildman–Crippen LogP) is 4.11. The Morgan fingerprint density at radius 1 is 1.28 bits per heavy atom. The van der Waals surface area contributed by atoms with E-state index in [0.717, 1.165) is 18.2 Å². The molecule has 0 aliphatic rings. The van der Waals surface area contributed by atoms with E-state index in [4.69, 9.17) is 4.74 Å². The zero-order chi connectivity index (χ0) is 13.2. The normalized spacial score (nSPS) is 12.2. The fraction of sp³-hybridized carbons (Fsp3) is 0.667. The predicted molar refractivity (Wildman–Crippen MR) is 77.2 cm³/mol. The van der Waals surface area contributed by atoms with Gasteiger partial charge in [0.25, 0.3) is 0 Å². The summed E-state index contributed by atoms with van der Waals surface area (Å²) in [5.41, 5.74) is 1.08. The van der Waals surface area contributed by atoms with Gasteiger partial charge in [0.2, 0.25) is 5.88 Å². The van der Waals surface area contributed by atoms with Crippen molar-refractivity contribution in [2.24, 2.45) is 5.92 Å². The highest BCUT2D eigenvalue weighted by atomic mass is 16.5. The van der Waals surface area contributed by atoms with Crippen LogP contribution in [0.1, 0.15) is 46.5 Å². The van der Waals surface area contributed by atoms with Crippen molar-refractivity contribution < 1.29 is 4.74 Å². The first-order valence-electron chi connectivity index (χ1n) is 7.12. The minimum absolute atomic E-state index is 0.661. The zero-order valence-electron chi connectivity index (χ0n) is 11.9. The van der Waals surface area contributed by atoms with Crippen molar-refractivity contribution >= 4 is 5.69 Å². The highest BCUT2D eigenvalue weighted by Crippen LogP contribution is 2.16. The quantitative estimate of drug-likeness (QED) is 0.716. The van der Waals surface area contributed by atoms with Gasteiger partial charge in [0.1, 0.15) is 0 Å². The summed E-state index contributed by atoms with van der Waals surface area (Å²) >= 11 is 0. The van der Waals surface area contributed by atoms with Gasteiger partial charge in [-0.1, -0.05) is 33.1 Å². The van der Waals surface area contributed by atoms with Crippen LogP contribution in [0.2, 0.25) is 0 Å². The summed E-state index contributed by atoms with van der Waals surface area (Å²) in [6.45, 7) is 8.17. The summed E-state index contributed by atoms with van der Waals surface area (Å²) in [6.07, 6.45) is 6.99. The van der Waals surface area contributed by atoms with Crippen LogP contribution in [0.4, 0.5) is 5.69 Å². The Morgan fingerprint density at radius 3 is 2.67 bits per heavy atom. The number of hydrogen-bond donors (Lipinski definition) is 1. The SMILES string of the molecule is CCCCC(CC)CNc1ccc(OCC)nc1. The van der Waals surface area contributed by atoms with E-state index in [1.54, 1.807) is 0 Å². The maximum absolute atomic E-state index is 5.32. The van der Waals surface area contributed by atoms with Gasteiger partial charge in [-0.2, -0.15) is 0 Å². The van der Waals surface area contributed by atoms with Gasteiger partial charge < -0.3 is 10.1 Å². The molecule has 0 saturated heterocycles. The van der Waals surface area contributed by atoms with Crippen molar-refractivity contribution in [1.82, 2.24) is 4.98 Å². The lowest BCUT2D eigenvalue weighted by molar-refractivity contribution is 0.327. The summed E-state index contributed by atoms with van der Waals surface area (Å²) in [6, 6.07) is 3.95. The molecule has 3 heteroatoms. The number of anilines is 1. The van der Waals surface area contributed by atoms with Crippen LogP contribution in [0.3, 0.4) is 0 Å². The Bertz CT molecular complexity index is 311. The molecule has 1 N–H and O–H groups in total. The Hall–Kier alpha value is -1.25. The molecule has 0 radical (unpaired) electrons. The van der Waals surface area contributed by atoms with Crippen molar-refractivity contribution in [2.75, 3.05) is 18.5 Å². The van der Waals surface area contributed by atoms with Crippen LogP contribution in [0.25, 0.3) is 0 Å². The first-order chi connectivity index (χ1) is 8.80. The van der Waals surface area contributed by atoms with E-state index < -0.39 is 0 Å². The van der Waals surface area contributed by atoms with Crippen molar-refractivity contribution in [2.45, 2.75) is 46.5 Å². The standard InChI is InChI=1S/C15H26N2O/c1-4-7-8-13(5-2)11-16-14-9-10-15(17-12-14)18-6-3/h9-10,12-13,16H,4-8,11H2,1-3H3. The first-order valence-corrected chi connectivity index (χ1v) is 7.12. The Labute approximate surface area is 111 Å². The molecule has 18 heavy (non-hydrogen) atoms. The van der Waals surface area contributed by atoms with Crippen molar-refractivity contribution in [1.29, 1.82) is 0 Å². The van der Waals surface area contributed by atoms with Gasteiger partial charge in [-0.15, -0.1) is 0 Å². The lowest BCUT2D eigenvalue weighted by atomic mass is 9.99. The second kappa shape index (κ2) is 8.78. The summed E-state index contributed by atoms with van der Waals surface area (Å²) in [7, 11) is 0. The molecule has 1 aromatic heterocycles. The molecule has 0 fully saturated rings. The van der Waals surface area contributed by atoms with E-state index in [1.165, 1.54) is 25.7 Å². The van der Waals surface area contributed by atoms with Crippen molar-refractivity contribution in [3.8, 4) is 5.88 Å². The number of nitrogens with zero attached hydrogens (tertiary/aromatic N) is 1. The molecule has 0 spiro atoms. The van der Waals surface area contributed by atoms with Gasteiger partial charge in [-0.05, 0) is 25.3 Å². The van der Waals surface area contributed by atoms with Gasteiger partial charge in [0.15, 0.2) is 0 Å². The molecule has 1 heterocycles. The Morgan fingerprint density at radius 2 is 2.11 bits per heavy atom. The molecular weight excluding hydrogens is 224 g/mol. The molecule has 0 aliphatic heterocycles. The maximum Gasteiger partial charge on any atom is 0.213 e. The molecule has 0 amide bonds. The Balaban J connectivity index is 2.37. The molecule has 1 unspecified atom stereocenters. The molecule has 0 aliphatic carbocycles. The van der Waals surface area contributed by atoms with Crippen LogP contribution in [0, 0.1) is 5.92 Å². The van der Waals surface area contributed by atoms with Crippen LogP contribution >= 0.6 is 0 Å². The topological polar surface area (TPSA) is 34.1 Å². The summed E-state index contributed by atoms with van der Waals surface area (Å²) in [5, 5.41) is 3.46. The molecule has 3 nitrogen and oxygen atoms in total. The lowest BCUT2D eigenvalue weighted by Crippen LogP contribution is -2.13. The van der Waals surface area contributed by atoms with Gasteiger partial charge in [0, 0.05) is 12.6 Å². The molecule has 1 atom stereocenters. The number of rotatable bonds is 9. The highest BCUT2D eigenvalue weighted by molar-refractivity contribution is 5.41. The average Bonchev–Trinajstić information content (AvgIpc) is 2.41. The molecule has 0 saturated carbocycles. The zero-order valence-corrected chi connectivity index (χ0v) is 11.9. The van der Waals surface area contributed by atoms with E-state index in [1.807, 2.05) is 25.3 Å². The first kappa shape index (κ1) is 14.8. The summed E-state index contributed by atoms with van der Waals surface area (Å²) in [5.74, 6) is 1.46. The molecule has 1 aromatic rings. The third-order valence-corrected chi connectivity index (χ3v) is 3.17. The van der Waals surface area contributed by atoms with Crippen LogP contribution in [0.5, 0.6) is 5.88 Å². The average molecular weight is 250 g/mol. The number of unbranched alkanes of at least 4 members (excludes halogenated alkanes) is 1. The molecule has 0 bridgehead atoms. The molecular formula is C15H26N2O. The number of hydrogen-bond acceptors (Lipinski definition) is 3. The Kier molecular flexibility index (Phi) is 7.23. The van der Waals surface area contributed by atoms with E-state index in [0.29, 0.717) is 12.5 Å². The van der Waals surface area contributed by atoms with Crippen molar-refractivity contribution in [3.05, 3.63) is 18.3 Å².